The van der Waals surface area contributed by atoms with Crippen molar-refractivity contribution >= 4 is 40.9 Å². The molecule has 0 spiro atoms. The van der Waals surface area contributed by atoms with Gasteiger partial charge in [0.25, 0.3) is 5.91 Å². The first kappa shape index (κ1) is 16.1. The third-order valence-electron chi connectivity index (χ3n) is 2.90. The topological polar surface area (TPSA) is 52.9 Å². The molecule has 1 N–H and O–H groups in total. The van der Waals surface area contributed by atoms with E-state index in [0.717, 1.165) is 11.1 Å². The van der Waals surface area contributed by atoms with Gasteiger partial charge in [-0.2, -0.15) is 5.26 Å². The van der Waals surface area contributed by atoms with Crippen LogP contribution in [0.1, 0.15) is 11.1 Å². The molecule has 2 aromatic rings. The number of nitrogens with one attached hydrogen (secondary N) is 1. The summed E-state index contributed by atoms with van der Waals surface area (Å²) in [6.07, 6.45) is 1.53. The van der Waals surface area contributed by atoms with Crippen molar-refractivity contribution in [3.63, 3.8) is 0 Å². The van der Waals surface area contributed by atoms with Gasteiger partial charge in [-0.3, -0.25) is 4.79 Å². The fourth-order valence-corrected chi connectivity index (χ4v) is 2.31. The maximum Gasteiger partial charge on any atom is 0.266 e. The lowest BCUT2D eigenvalue weighted by molar-refractivity contribution is -0.112. The summed E-state index contributed by atoms with van der Waals surface area (Å²) in [5.74, 6) is -0.520. The predicted octanol–water partition coefficient (Wildman–Crippen LogP) is 4.85. The molecule has 3 nitrogen and oxygen atoms in total. The smallest absolute Gasteiger partial charge is 0.266 e. The SMILES string of the molecule is Cc1cccc(/C=C(\C#N)C(=O)Nc2ccc(Cl)cc2Cl)c1. The summed E-state index contributed by atoms with van der Waals surface area (Å²) in [6.45, 7) is 1.94. The minimum atomic E-state index is -0.520. The van der Waals surface area contributed by atoms with E-state index in [1.807, 2.05) is 37.3 Å². The number of aryl methyl sites for hydroxylation is 1. The van der Waals surface area contributed by atoms with Crippen LogP contribution in [0.2, 0.25) is 10.0 Å². The maximum atomic E-state index is 12.2. The van der Waals surface area contributed by atoms with Crippen molar-refractivity contribution in [3.8, 4) is 6.07 Å². The number of hydrogen-bond acceptors (Lipinski definition) is 2. The highest BCUT2D eigenvalue weighted by Crippen LogP contribution is 2.25. The molecule has 0 fully saturated rings. The Kier molecular flexibility index (Phi) is 5.21. The number of benzene rings is 2. The lowest BCUT2D eigenvalue weighted by atomic mass is 10.1. The molecule has 0 aliphatic heterocycles. The molecule has 2 rings (SSSR count). The molecular weight excluding hydrogens is 319 g/mol. The Labute approximate surface area is 138 Å². The summed E-state index contributed by atoms with van der Waals surface area (Å²) in [6, 6.07) is 14.1. The van der Waals surface area contributed by atoms with Gasteiger partial charge in [0.2, 0.25) is 0 Å². The standard InChI is InChI=1S/C17H12Cl2N2O/c1-11-3-2-4-12(7-11)8-13(10-20)17(22)21-16-6-5-14(18)9-15(16)19/h2-9H,1H3,(H,21,22)/b13-8+. The van der Waals surface area contributed by atoms with Gasteiger partial charge in [-0.05, 0) is 36.8 Å². The van der Waals surface area contributed by atoms with E-state index >= 15 is 0 Å². The second-order valence-electron chi connectivity index (χ2n) is 4.66. The van der Waals surface area contributed by atoms with Gasteiger partial charge >= 0.3 is 0 Å². The van der Waals surface area contributed by atoms with Crippen molar-refractivity contribution in [1.29, 1.82) is 5.26 Å². The lowest BCUT2D eigenvalue weighted by Gasteiger charge is -2.07. The molecule has 0 atom stereocenters. The molecule has 0 bridgehead atoms. The summed E-state index contributed by atoms with van der Waals surface area (Å²) in [7, 11) is 0. The average molecular weight is 331 g/mol. The van der Waals surface area contributed by atoms with E-state index < -0.39 is 5.91 Å². The van der Waals surface area contributed by atoms with Crippen molar-refractivity contribution < 1.29 is 4.79 Å². The monoisotopic (exact) mass is 330 g/mol. The van der Waals surface area contributed by atoms with E-state index in [0.29, 0.717) is 15.7 Å². The number of carbonyl (C=O) groups excluding carboxylic acids is 1. The molecule has 0 unspecified atom stereocenters. The molecule has 0 saturated heterocycles. The molecule has 2 aromatic carbocycles. The molecule has 0 aliphatic carbocycles. The van der Waals surface area contributed by atoms with Crippen molar-refractivity contribution in [3.05, 3.63) is 69.2 Å². The van der Waals surface area contributed by atoms with Gasteiger partial charge in [-0.1, -0.05) is 53.0 Å². The van der Waals surface area contributed by atoms with Crippen LogP contribution in [0.3, 0.4) is 0 Å². The molecule has 0 radical (unpaired) electrons. The van der Waals surface area contributed by atoms with Gasteiger partial charge in [0, 0.05) is 5.02 Å². The van der Waals surface area contributed by atoms with Crippen LogP contribution in [0.15, 0.2) is 48.0 Å². The third-order valence-corrected chi connectivity index (χ3v) is 3.45. The van der Waals surface area contributed by atoms with E-state index in [2.05, 4.69) is 5.32 Å². The van der Waals surface area contributed by atoms with Crippen LogP contribution < -0.4 is 5.32 Å². The van der Waals surface area contributed by atoms with Crippen LogP contribution in [0, 0.1) is 18.3 Å². The first-order chi connectivity index (χ1) is 10.5. The number of anilines is 1. The van der Waals surface area contributed by atoms with Crippen molar-refractivity contribution in [1.82, 2.24) is 0 Å². The van der Waals surface area contributed by atoms with E-state index in [9.17, 15) is 10.1 Å². The average Bonchev–Trinajstić information content (AvgIpc) is 2.47. The van der Waals surface area contributed by atoms with E-state index in [-0.39, 0.29) is 5.57 Å². The molecule has 0 aromatic heterocycles. The zero-order valence-corrected chi connectivity index (χ0v) is 13.2. The minimum Gasteiger partial charge on any atom is -0.320 e. The molecule has 22 heavy (non-hydrogen) atoms. The number of nitriles is 1. The fourth-order valence-electron chi connectivity index (χ4n) is 1.86. The van der Waals surface area contributed by atoms with E-state index in [4.69, 9.17) is 23.2 Å². The second kappa shape index (κ2) is 7.13. The van der Waals surface area contributed by atoms with Gasteiger partial charge in [-0.15, -0.1) is 0 Å². The van der Waals surface area contributed by atoms with Crippen molar-refractivity contribution in [2.75, 3.05) is 5.32 Å². The molecule has 0 heterocycles. The summed E-state index contributed by atoms with van der Waals surface area (Å²) in [5, 5.41) is 12.6. The van der Waals surface area contributed by atoms with Crippen LogP contribution in [0.25, 0.3) is 6.08 Å². The Hall–Kier alpha value is -2.28. The lowest BCUT2D eigenvalue weighted by Crippen LogP contribution is -2.13. The minimum absolute atomic E-state index is 0.00313. The Morgan fingerprint density at radius 1 is 1.23 bits per heavy atom. The van der Waals surface area contributed by atoms with Crippen LogP contribution in [0.5, 0.6) is 0 Å². The highest BCUT2D eigenvalue weighted by molar-refractivity contribution is 6.36. The second-order valence-corrected chi connectivity index (χ2v) is 5.51. The van der Waals surface area contributed by atoms with Crippen molar-refractivity contribution in [2.24, 2.45) is 0 Å². The molecule has 1 amide bonds. The number of hydrogen-bond donors (Lipinski definition) is 1. The normalized spacial score (nSPS) is 10.9. The van der Waals surface area contributed by atoms with Crippen LogP contribution in [-0.2, 0) is 4.79 Å². The van der Waals surface area contributed by atoms with Crippen LogP contribution >= 0.6 is 23.2 Å². The molecule has 0 aliphatic rings. The summed E-state index contributed by atoms with van der Waals surface area (Å²) in [5.41, 5.74) is 2.24. The van der Waals surface area contributed by atoms with Gasteiger partial charge < -0.3 is 5.32 Å². The largest absolute Gasteiger partial charge is 0.320 e. The molecule has 110 valence electrons. The van der Waals surface area contributed by atoms with Gasteiger partial charge in [-0.25, -0.2) is 0 Å². The molecule has 0 saturated carbocycles. The number of rotatable bonds is 3. The fraction of sp³-hybridized carbons (Fsp3) is 0.0588. The van der Waals surface area contributed by atoms with Crippen LogP contribution in [-0.4, -0.2) is 5.91 Å². The third kappa shape index (κ3) is 4.11. The first-order valence-electron chi connectivity index (χ1n) is 6.44. The Bertz CT molecular complexity index is 791. The van der Waals surface area contributed by atoms with Gasteiger partial charge in [0.15, 0.2) is 0 Å². The quantitative estimate of drug-likeness (QED) is 0.646. The van der Waals surface area contributed by atoms with E-state index in [1.165, 1.54) is 12.1 Å². The van der Waals surface area contributed by atoms with Crippen LogP contribution in [0.4, 0.5) is 5.69 Å². The maximum absolute atomic E-state index is 12.2. The first-order valence-corrected chi connectivity index (χ1v) is 7.20. The zero-order chi connectivity index (χ0) is 16.1. The van der Waals surface area contributed by atoms with Crippen molar-refractivity contribution in [2.45, 2.75) is 6.92 Å². The van der Waals surface area contributed by atoms with E-state index in [1.54, 1.807) is 12.1 Å². The highest BCUT2D eigenvalue weighted by atomic mass is 35.5. The highest BCUT2D eigenvalue weighted by Gasteiger charge is 2.11. The zero-order valence-electron chi connectivity index (χ0n) is 11.7. The number of carbonyl (C=O) groups is 1. The molecular formula is C17H12Cl2N2O. The number of amides is 1. The Balaban J connectivity index is 2.24. The van der Waals surface area contributed by atoms with Gasteiger partial charge in [0.1, 0.15) is 11.6 Å². The summed E-state index contributed by atoms with van der Waals surface area (Å²) >= 11 is 11.8. The number of nitrogens with zero attached hydrogens (tertiary/aromatic N) is 1. The Morgan fingerprint density at radius 2 is 2.00 bits per heavy atom. The molecule has 5 heteroatoms. The number of halogens is 2. The summed E-state index contributed by atoms with van der Waals surface area (Å²) in [4.78, 5) is 12.2. The predicted molar refractivity (Wildman–Crippen MR) is 89.9 cm³/mol. The van der Waals surface area contributed by atoms with Gasteiger partial charge in [0.05, 0.1) is 10.7 Å². The Morgan fingerprint density at radius 3 is 2.64 bits per heavy atom. The summed E-state index contributed by atoms with van der Waals surface area (Å²) < 4.78 is 0.